The molecule has 1 heterocycles. The van der Waals surface area contributed by atoms with Crippen LogP contribution in [0.25, 0.3) is 5.69 Å². The number of nitrogen functional groups attached to an aromatic ring is 1. The van der Waals surface area contributed by atoms with E-state index in [1.165, 1.54) is 16.9 Å². The average Bonchev–Trinajstić information content (AvgIpc) is 3.00. The molecule has 0 aliphatic carbocycles. The van der Waals surface area contributed by atoms with Crippen molar-refractivity contribution in [3.05, 3.63) is 68.5 Å². The van der Waals surface area contributed by atoms with Gasteiger partial charge in [-0.25, -0.2) is 0 Å². The largest absolute Gasteiger partial charge is 0.497 e. The molecule has 0 aliphatic rings. The highest BCUT2D eigenvalue weighted by molar-refractivity contribution is 7.73. The minimum atomic E-state index is -0.233. The van der Waals surface area contributed by atoms with Gasteiger partial charge in [0.15, 0.2) is 3.95 Å². The maximum Gasteiger partial charge on any atom is 0.265 e. The van der Waals surface area contributed by atoms with Crippen LogP contribution in [0, 0.1) is 3.95 Å². The van der Waals surface area contributed by atoms with Gasteiger partial charge in [0.2, 0.25) is 0 Å². The molecule has 0 aliphatic heterocycles. The van der Waals surface area contributed by atoms with Gasteiger partial charge in [-0.2, -0.15) is 0 Å². The van der Waals surface area contributed by atoms with E-state index in [9.17, 15) is 4.79 Å². The van der Waals surface area contributed by atoms with E-state index in [0.29, 0.717) is 21.2 Å². The second kappa shape index (κ2) is 8.37. The predicted octanol–water partition coefficient (Wildman–Crippen LogP) is 4.35. The molecule has 0 fully saturated rings. The van der Waals surface area contributed by atoms with Crippen LogP contribution in [0.15, 0.2) is 48.5 Å². The van der Waals surface area contributed by atoms with Gasteiger partial charge in [0.05, 0.1) is 7.11 Å². The van der Waals surface area contributed by atoms with Gasteiger partial charge in [-0.05, 0) is 54.0 Å². The number of hydrogen-bond donors (Lipinski definition) is 2. The van der Waals surface area contributed by atoms with Gasteiger partial charge < -0.3 is 15.8 Å². The maximum absolute atomic E-state index is 12.6. The van der Waals surface area contributed by atoms with Crippen LogP contribution in [0.5, 0.6) is 5.75 Å². The zero-order valence-electron chi connectivity index (χ0n) is 15.2. The number of rotatable bonds is 6. The number of aromatic nitrogens is 1. The second-order valence-electron chi connectivity index (χ2n) is 5.97. The molecule has 5 nitrogen and oxygen atoms in total. The zero-order chi connectivity index (χ0) is 19.4. The topological polar surface area (TPSA) is 69.3 Å². The number of hydrogen-bond acceptors (Lipinski definition) is 5. The lowest BCUT2D eigenvalue weighted by Crippen LogP contribution is -2.23. The van der Waals surface area contributed by atoms with E-state index in [-0.39, 0.29) is 5.91 Å². The number of benzene rings is 2. The smallest absolute Gasteiger partial charge is 0.265 e. The monoisotopic (exact) mass is 399 g/mol. The van der Waals surface area contributed by atoms with Crippen molar-refractivity contribution in [2.24, 2.45) is 0 Å². The molecule has 1 aromatic heterocycles. The van der Waals surface area contributed by atoms with E-state index in [1.54, 1.807) is 11.7 Å². The Bertz CT molecular complexity index is 990. The van der Waals surface area contributed by atoms with E-state index >= 15 is 0 Å². The number of methoxy groups -OCH3 is 1. The fourth-order valence-corrected chi connectivity index (χ4v) is 3.96. The van der Waals surface area contributed by atoms with Crippen LogP contribution in [-0.4, -0.2) is 17.6 Å². The third-order valence-electron chi connectivity index (χ3n) is 4.27. The summed E-state index contributed by atoms with van der Waals surface area (Å²) in [5, 5.41) is 2.89. The number of aryl methyl sites for hydroxylation is 1. The van der Waals surface area contributed by atoms with Crippen LogP contribution in [0.4, 0.5) is 5.82 Å². The maximum atomic E-state index is 12.6. The van der Waals surface area contributed by atoms with E-state index in [0.717, 1.165) is 23.4 Å². The van der Waals surface area contributed by atoms with E-state index in [4.69, 9.17) is 22.7 Å². The summed E-state index contributed by atoms with van der Waals surface area (Å²) in [5.41, 5.74) is 9.31. The van der Waals surface area contributed by atoms with E-state index in [1.807, 2.05) is 48.5 Å². The fraction of sp³-hybridized carbons (Fsp3) is 0.200. The van der Waals surface area contributed by atoms with Crippen LogP contribution in [0.1, 0.15) is 27.7 Å². The van der Waals surface area contributed by atoms with Crippen LogP contribution in [-0.2, 0) is 13.0 Å². The highest BCUT2D eigenvalue weighted by Crippen LogP contribution is 2.26. The number of thiazole rings is 1. The van der Waals surface area contributed by atoms with Crippen molar-refractivity contribution in [1.29, 1.82) is 0 Å². The molecule has 3 aromatic rings. The number of nitrogens with zero attached hydrogens (tertiary/aromatic N) is 1. The molecule has 0 unspecified atom stereocenters. The number of amides is 1. The molecule has 27 heavy (non-hydrogen) atoms. The lowest BCUT2D eigenvalue weighted by Gasteiger charge is -2.08. The Morgan fingerprint density at radius 1 is 1.15 bits per heavy atom. The predicted molar refractivity (Wildman–Crippen MR) is 112 cm³/mol. The standard InChI is InChI=1S/C20H21N3O2S2/c1-3-13-4-8-15(9-5-13)23-18(21)17(27-20(23)26)19(24)22-12-14-6-10-16(25-2)11-7-14/h4-11H,3,12,21H2,1-2H3,(H,22,24). The number of nitrogens with one attached hydrogen (secondary N) is 1. The van der Waals surface area contributed by atoms with E-state index in [2.05, 4.69) is 12.2 Å². The summed E-state index contributed by atoms with van der Waals surface area (Å²) in [5.74, 6) is 0.906. The minimum absolute atomic E-state index is 0.233. The van der Waals surface area contributed by atoms with Crippen LogP contribution in [0.3, 0.4) is 0 Å². The number of anilines is 1. The Balaban J connectivity index is 1.78. The Kier molecular flexibility index (Phi) is 5.93. The van der Waals surface area contributed by atoms with Gasteiger partial charge >= 0.3 is 0 Å². The summed E-state index contributed by atoms with van der Waals surface area (Å²) in [7, 11) is 1.62. The van der Waals surface area contributed by atoms with Gasteiger partial charge in [0, 0.05) is 12.2 Å². The number of carbonyl (C=O) groups is 1. The molecule has 0 radical (unpaired) electrons. The SMILES string of the molecule is CCc1ccc(-n2c(N)c(C(=O)NCc3ccc(OC)cc3)sc2=S)cc1. The molecule has 1 amide bonds. The molecule has 140 valence electrons. The molecular weight excluding hydrogens is 378 g/mol. The minimum Gasteiger partial charge on any atom is -0.497 e. The molecule has 0 saturated heterocycles. The quantitative estimate of drug-likeness (QED) is 0.605. The van der Waals surface area contributed by atoms with Crippen molar-refractivity contribution in [1.82, 2.24) is 9.88 Å². The first kappa shape index (κ1) is 19.1. The number of carbonyl (C=O) groups excluding carboxylic acids is 1. The fourth-order valence-electron chi connectivity index (χ4n) is 2.68. The summed E-state index contributed by atoms with van der Waals surface area (Å²) in [6.45, 7) is 2.50. The van der Waals surface area contributed by atoms with Crippen molar-refractivity contribution >= 4 is 35.3 Å². The number of nitrogens with two attached hydrogens (primary N) is 1. The summed E-state index contributed by atoms with van der Waals surface area (Å²) < 4.78 is 7.42. The Labute approximate surface area is 167 Å². The Morgan fingerprint density at radius 3 is 2.37 bits per heavy atom. The van der Waals surface area contributed by atoms with Gasteiger partial charge in [0.1, 0.15) is 16.4 Å². The second-order valence-corrected chi connectivity index (χ2v) is 7.61. The van der Waals surface area contributed by atoms with Gasteiger partial charge in [-0.1, -0.05) is 42.5 Å². The molecule has 0 bridgehead atoms. The molecule has 0 atom stereocenters. The average molecular weight is 400 g/mol. The van der Waals surface area contributed by atoms with Gasteiger partial charge in [-0.15, -0.1) is 0 Å². The van der Waals surface area contributed by atoms with Crippen LogP contribution < -0.4 is 15.8 Å². The first-order valence-electron chi connectivity index (χ1n) is 8.55. The lowest BCUT2D eigenvalue weighted by molar-refractivity contribution is 0.0955. The summed E-state index contributed by atoms with van der Waals surface area (Å²) in [6.07, 6.45) is 0.962. The number of ether oxygens (including phenoxy) is 1. The Morgan fingerprint density at radius 2 is 1.78 bits per heavy atom. The zero-order valence-corrected chi connectivity index (χ0v) is 16.8. The van der Waals surface area contributed by atoms with Gasteiger partial charge in [0.25, 0.3) is 5.91 Å². The molecular formula is C20H21N3O2S2. The van der Waals surface area contributed by atoms with Crippen LogP contribution >= 0.6 is 23.6 Å². The van der Waals surface area contributed by atoms with Crippen molar-refractivity contribution in [3.63, 3.8) is 0 Å². The van der Waals surface area contributed by atoms with Gasteiger partial charge in [-0.3, -0.25) is 9.36 Å². The highest BCUT2D eigenvalue weighted by atomic mass is 32.1. The molecule has 3 rings (SSSR count). The highest BCUT2D eigenvalue weighted by Gasteiger charge is 2.18. The lowest BCUT2D eigenvalue weighted by atomic mass is 10.1. The molecule has 3 N–H and O–H groups in total. The molecule has 0 saturated carbocycles. The summed E-state index contributed by atoms with van der Waals surface area (Å²) in [6, 6.07) is 15.5. The first-order chi connectivity index (χ1) is 13.0. The summed E-state index contributed by atoms with van der Waals surface area (Å²) in [4.78, 5) is 13.0. The third kappa shape index (κ3) is 4.20. The Hall–Kier alpha value is -2.64. The molecule has 7 heteroatoms. The van der Waals surface area contributed by atoms with Crippen molar-refractivity contribution in [2.75, 3.05) is 12.8 Å². The third-order valence-corrected chi connectivity index (χ3v) is 5.66. The summed E-state index contributed by atoms with van der Waals surface area (Å²) >= 11 is 6.65. The van der Waals surface area contributed by atoms with Crippen molar-refractivity contribution in [2.45, 2.75) is 19.9 Å². The van der Waals surface area contributed by atoms with Crippen molar-refractivity contribution < 1.29 is 9.53 Å². The molecule has 0 spiro atoms. The normalized spacial score (nSPS) is 10.6. The molecule has 2 aromatic carbocycles. The van der Waals surface area contributed by atoms with Crippen LogP contribution in [0.2, 0.25) is 0 Å². The van der Waals surface area contributed by atoms with Crippen molar-refractivity contribution in [3.8, 4) is 11.4 Å². The van der Waals surface area contributed by atoms with E-state index < -0.39 is 0 Å². The first-order valence-corrected chi connectivity index (χ1v) is 9.77.